The van der Waals surface area contributed by atoms with Gasteiger partial charge >= 0.3 is 12.1 Å². The monoisotopic (exact) mass is 477 g/mol. The van der Waals surface area contributed by atoms with Crippen LogP contribution < -0.4 is 5.32 Å². The highest BCUT2D eigenvalue weighted by Crippen LogP contribution is 2.45. The minimum Gasteiger partial charge on any atom is -0.480 e. The SMILES string of the molecule is CN1CCN(C(=O)C2(CNC(=O)OCC3c4ccccc4-c4ccccc43)CCC2)CC1C(=O)O. The van der Waals surface area contributed by atoms with E-state index in [1.165, 1.54) is 11.1 Å². The van der Waals surface area contributed by atoms with E-state index in [-0.39, 0.29) is 31.5 Å². The highest BCUT2D eigenvalue weighted by atomic mass is 16.5. The Labute approximate surface area is 204 Å². The van der Waals surface area contributed by atoms with E-state index in [0.29, 0.717) is 25.9 Å². The predicted molar refractivity (Wildman–Crippen MR) is 130 cm³/mol. The average molecular weight is 478 g/mol. The van der Waals surface area contributed by atoms with Gasteiger partial charge < -0.3 is 20.1 Å². The molecule has 1 saturated carbocycles. The Bertz CT molecular complexity index is 1100. The Morgan fingerprint density at radius 3 is 2.23 bits per heavy atom. The molecule has 3 aliphatic rings. The second kappa shape index (κ2) is 9.34. The molecule has 8 nitrogen and oxygen atoms in total. The molecule has 35 heavy (non-hydrogen) atoms. The predicted octanol–water partition coefficient (Wildman–Crippen LogP) is 2.92. The maximum atomic E-state index is 13.4. The highest BCUT2D eigenvalue weighted by Gasteiger charge is 2.48. The van der Waals surface area contributed by atoms with Crippen LogP contribution in [0.5, 0.6) is 0 Å². The van der Waals surface area contributed by atoms with Crippen molar-refractivity contribution in [3.8, 4) is 11.1 Å². The third-order valence-electron chi connectivity index (χ3n) is 7.90. The minimum atomic E-state index is -0.926. The molecule has 2 aromatic rings. The van der Waals surface area contributed by atoms with Crippen molar-refractivity contribution in [3.63, 3.8) is 0 Å². The molecule has 2 fully saturated rings. The van der Waals surface area contributed by atoms with Gasteiger partial charge in [-0.1, -0.05) is 55.0 Å². The van der Waals surface area contributed by atoms with Crippen molar-refractivity contribution in [1.29, 1.82) is 0 Å². The first-order valence-corrected chi connectivity index (χ1v) is 12.2. The summed E-state index contributed by atoms with van der Waals surface area (Å²) in [5.74, 6) is -1.02. The molecule has 1 atom stereocenters. The largest absolute Gasteiger partial charge is 0.480 e. The number of nitrogens with zero attached hydrogens (tertiary/aromatic N) is 2. The van der Waals surface area contributed by atoms with E-state index >= 15 is 0 Å². The molecule has 0 radical (unpaired) electrons. The Morgan fingerprint density at radius 2 is 1.66 bits per heavy atom. The number of fused-ring (bicyclic) bond motifs is 3. The molecular weight excluding hydrogens is 446 g/mol. The lowest BCUT2D eigenvalue weighted by Crippen LogP contribution is -2.61. The van der Waals surface area contributed by atoms with Gasteiger partial charge in [-0.3, -0.25) is 14.5 Å². The number of likely N-dealkylation sites (N-methyl/N-ethyl adjacent to an activating group) is 1. The molecule has 1 saturated heterocycles. The van der Waals surface area contributed by atoms with Gasteiger partial charge in [0.2, 0.25) is 5.91 Å². The lowest BCUT2D eigenvalue weighted by Gasteiger charge is -2.46. The van der Waals surface area contributed by atoms with Gasteiger partial charge in [-0.2, -0.15) is 0 Å². The van der Waals surface area contributed by atoms with Gasteiger partial charge in [0.25, 0.3) is 0 Å². The van der Waals surface area contributed by atoms with Crippen LogP contribution in [0.4, 0.5) is 4.79 Å². The molecule has 2 amide bonds. The van der Waals surface area contributed by atoms with Gasteiger partial charge in [-0.25, -0.2) is 4.79 Å². The first-order valence-electron chi connectivity index (χ1n) is 12.2. The van der Waals surface area contributed by atoms with E-state index in [4.69, 9.17) is 4.74 Å². The summed E-state index contributed by atoms with van der Waals surface area (Å²) in [5.41, 5.74) is 3.96. The van der Waals surface area contributed by atoms with Crippen LogP contribution in [0.2, 0.25) is 0 Å². The smallest absolute Gasteiger partial charge is 0.407 e. The molecule has 1 aliphatic heterocycles. The number of hydrogen-bond acceptors (Lipinski definition) is 5. The number of carboxylic acids is 1. The molecule has 184 valence electrons. The number of amides is 2. The van der Waals surface area contributed by atoms with Gasteiger partial charge in [0.15, 0.2) is 0 Å². The molecule has 1 unspecified atom stereocenters. The second-order valence-electron chi connectivity index (χ2n) is 9.90. The Kier molecular flexibility index (Phi) is 6.23. The van der Waals surface area contributed by atoms with Crippen molar-refractivity contribution in [2.24, 2.45) is 5.41 Å². The zero-order valence-corrected chi connectivity index (χ0v) is 19.9. The summed E-state index contributed by atoms with van der Waals surface area (Å²) in [6, 6.07) is 15.6. The number of aliphatic carboxylic acids is 1. The van der Waals surface area contributed by atoms with Crippen molar-refractivity contribution >= 4 is 18.0 Å². The third kappa shape index (κ3) is 4.27. The van der Waals surface area contributed by atoms with Crippen LogP contribution >= 0.6 is 0 Å². The second-order valence-corrected chi connectivity index (χ2v) is 9.90. The van der Waals surface area contributed by atoms with Crippen molar-refractivity contribution in [2.45, 2.75) is 31.2 Å². The van der Waals surface area contributed by atoms with E-state index < -0.39 is 23.5 Å². The highest BCUT2D eigenvalue weighted by molar-refractivity contribution is 5.86. The lowest BCUT2D eigenvalue weighted by atomic mass is 9.67. The number of ether oxygens (including phenoxy) is 1. The molecular formula is C27H31N3O5. The molecule has 2 N–H and O–H groups in total. The third-order valence-corrected chi connectivity index (χ3v) is 7.90. The molecule has 0 spiro atoms. The van der Waals surface area contributed by atoms with Crippen molar-refractivity contribution in [2.75, 3.05) is 39.8 Å². The summed E-state index contributed by atoms with van der Waals surface area (Å²) in [4.78, 5) is 41.0. The maximum absolute atomic E-state index is 13.4. The summed E-state index contributed by atoms with van der Waals surface area (Å²) in [6.07, 6.45) is 1.74. The van der Waals surface area contributed by atoms with Gasteiger partial charge in [-0.15, -0.1) is 0 Å². The van der Waals surface area contributed by atoms with Crippen LogP contribution in [-0.2, 0) is 14.3 Å². The molecule has 2 aromatic carbocycles. The number of carbonyl (C=O) groups excluding carboxylic acids is 2. The fraction of sp³-hybridized carbons (Fsp3) is 0.444. The maximum Gasteiger partial charge on any atom is 0.407 e. The normalized spacial score (nSPS) is 20.9. The fourth-order valence-corrected chi connectivity index (χ4v) is 5.62. The number of carboxylic acid groups (broad SMARTS) is 1. The van der Waals surface area contributed by atoms with E-state index in [1.54, 1.807) is 16.8 Å². The van der Waals surface area contributed by atoms with Gasteiger partial charge in [0.1, 0.15) is 12.6 Å². The zero-order valence-electron chi connectivity index (χ0n) is 19.9. The van der Waals surface area contributed by atoms with Crippen LogP contribution in [0.3, 0.4) is 0 Å². The first kappa shape index (κ1) is 23.4. The van der Waals surface area contributed by atoms with Crippen LogP contribution in [0, 0.1) is 5.41 Å². The summed E-state index contributed by atoms with van der Waals surface area (Å²) in [6.45, 7) is 1.59. The Balaban J connectivity index is 1.20. The van der Waals surface area contributed by atoms with E-state index in [2.05, 4.69) is 29.6 Å². The molecule has 5 rings (SSSR count). The molecule has 2 aliphatic carbocycles. The number of alkyl carbamates (subject to hydrolysis) is 1. The van der Waals surface area contributed by atoms with E-state index in [1.807, 2.05) is 24.3 Å². The number of nitrogens with one attached hydrogen (secondary N) is 1. The van der Waals surface area contributed by atoms with Crippen molar-refractivity contribution in [3.05, 3.63) is 59.7 Å². The van der Waals surface area contributed by atoms with E-state index in [9.17, 15) is 19.5 Å². The molecule has 0 aromatic heterocycles. The van der Waals surface area contributed by atoms with Crippen LogP contribution in [0.25, 0.3) is 11.1 Å². The molecule has 0 bridgehead atoms. The standard InChI is InChI=1S/C27H31N3O5/c1-29-13-14-30(15-23(29)24(31)32)25(33)27(11-6-12-27)17-28-26(34)35-16-22-20-9-4-2-7-18(20)19-8-3-5-10-21(19)22/h2-5,7-10,22-23H,6,11-17H2,1H3,(H,28,34)(H,31,32). The Hall–Kier alpha value is -3.39. The summed E-state index contributed by atoms with van der Waals surface area (Å²) in [5, 5.41) is 12.3. The number of carbonyl (C=O) groups is 3. The van der Waals surface area contributed by atoms with Gasteiger partial charge in [-0.05, 0) is 42.1 Å². The first-order chi connectivity index (χ1) is 16.9. The van der Waals surface area contributed by atoms with Gasteiger partial charge in [0.05, 0.1) is 5.41 Å². The topological polar surface area (TPSA) is 99.2 Å². The Morgan fingerprint density at radius 1 is 1.03 bits per heavy atom. The molecule has 8 heteroatoms. The number of rotatable bonds is 6. The van der Waals surface area contributed by atoms with Gasteiger partial charge in [0, 0.05) is 32.1 Å². The number of hydrogen-bond donors (Lipinski definition) is 2. The van der Waals surface area contributed by atoms with Crippen LogP contribution in [-0.4, -0.2) is 78.8 Å². The number of benzene rings is 2. The van der Waals surface area contributed by atoms with Crippen molar-refractivity contribution < 1.29 is 24.2 Å². The molecule has 1 heterocycles. The quantitative estimate of drug-likeness (QED) is 0.664. The lowest BCUT2D eigenvalue weighted by molar-refractivity contribution is -0.154. The average Bonchev–Trinajstić information content (AvgIpc) is 3.16. The number of piperazine rings is 1. The zero-order chi connectivity index (χ0) is 24.6. The van der Waals surface area contributed by atoms with Crippen molar-refractivity contribution in [1.82, 2.24) is 15.1 Å². The summed E-state index contributed by atoms with van der Waals surface area (Å²) in [7, 11) is 1.76. The van der Waals surface area contributed by atoms with Crippen LogP contribution in [0.15, 0.2) is 48.5 Å². The summed E-state index contributed by atoms with van der Waals surface area (Å²) >= 11 is 0. The summed E-state index contributed by atoms with van der Waals surface area (Å²) < 4.78 is 5.63. The van der Waals surface area contributed by atoms with Crippen LogP contribution in [0.1, 0.15) is 36.3 Å². The minimum absolute atomic E-state index is 0.0225. The van der Waals surface area contributed by atoms with E-state index in [0.717, 1.165) is 17.5 Å². The fourth-order valence-electron chi connectivity index (χ4n) is 5.62.